The van der Waals surface area contributed by atoms with Crippen molar-refractivity contribution < 1.29 is 12.9 Å². The minimum absolute atomic E-state index is 0.0544. The van der Waals surface area contributed by atoms with Gasteiger partial charge in [0.2, 0.25) is 0 Å². The third kappa shape index (κ3) is 6.31. The van der Waals surface area contributed by atoms with Crippen LogP contribution in [0.2, 0.25) is 0 Å². The number of benzene rings is 1. The molecule has 0 aromatic heterocycles. The fraction of sp³-hybridized carbons (Fsp3) is 0.600. The summed E-state index contributed by atoms with van der Waals surface area (Å²) in [5.41, 5.74) is 2.43. The molecule has 0 aliphatic heterocycles. The van der Waals surface area contributed by atoms with Crippen LogP contribution in [0.1, 0.15) is 52.2 Å². The third-order valence-corrected chi connectivity index (χ3v) is 3.79. The summed E-state index contributed by atoms with van der Waals surface area (Å²) in [4.78, 5) is 0. The van der Waals surface area contributed by atoms with Crippen LogP contribution in [0.4, 0.5) is 0 Å². The Labute approximate surface area is 127 Å². The smallest absolute Gasteiger partial charge is 0.266 e. The molecule has 5 heteroatoms. The van der Waals surface area contributed by atoms with Crippen molar-refractivity contribution in [2.75, 3.05) is 0 Å². The summed E-state index contributed by atoms with van der Waals surface area (Å²) < 4.78 is 24.5. The van der Waals surface area contributed by atoms with Gasteiger partial charge in [0, 0.05) is 11.2 Å². The standard InChI is InChI=1S/C15H24O3S2/c1-14(2,3)11-15(4,5)13-8-6-12(7-9-13)10-18-20(16,17)19/h6-9H,10-11H2,1-5H3,(H,16,17,19). The summed E-state index contributed by atoms with van der Waals surface area (Å²) in [6, 6.07) is 7.93. The third-order valence-electron chi connectivity index (χ3n) is 3.08. The molecule has 0 bridgehead atoms. The van der Waals surface area contributed by atoms with Crippen molar-refractivity contribution in [3.63, 3.8) is 0 Å². The minimum Gasteiger partial charge on any atom is -0.285 e. The van der Waals surface area contributed by atoms with Crippen molar-refractivity contribution in [3.8, 4) is 0 Å². The van der Waals surface area contributed by atoms with Gasteiger partial charge in [-0.3, -0.25) is 8.74 Å². The van der Waals surface area contributed by atoms with Crippen LogP contribution in [0.5, 0.6) is 0 Å². The second kappa shape index (κ2) is 6.10. The van der Waals surface area contributed by atoms with Gasteiger partial charge in [-0.05, 0) is 28.4 Å². The van der Waals surface area contributed by atoms with Gasteiger partial charge in [-0.2, -0.15) is 4.21 Å². The van der Waals surface area contributed by atoms with Gasteiger partial charge < -0.3 is 0 Å². The highest BCUT2D eigenvalue weighted by Crippen LogP contribution is 2.36. The first kappa shape index (κ1) is 17.6. The predicted molar refractivity (Wildman–Crippen MR) is 86.5 cm³/mol. The molecule has 1 N–H and O–H groups in total. The van der Waals surface area contributed by atoms with E-state index in [1.807, 2.05) is 24.3 Å². The van der Waals surface area contributed by atoms with Crippen LogP contribution >= 0.6 is 0 Å². The topological polar surface area (TPSA) is 46.5 Å². The summed E-state index contributed by atoms with van der Waals surface area (Å²) in [5, 5.41) is 0. The second-order valence-electron chi connectivity index (χ2n) is 7.01. The number of hydrogen-bond acceptors (Lipinski definition) is 3. The largest absolute Gasteiger partial charge is 0.285 e. The van der Waals surface area contributed by atoms with Gasteiger partial charge >= 0.3 is 0 Å². The van der Waals surface area contributed by atoms with Crippen molar-refractivity contribution in [3.05, 3.63) is 35.4 Å². The molecule has 0 saturated carbocycles. The van der Waals surface area contributed by atoms with Crippen molar-refractivity contribution >= 4 is 20.2 Å². The Morgan fingerprint density at radius 1 is 1.15 bits per heavy atom. The summed E-state index contributed by atoms with van der Waals surface area (Å²) in [6.07, 6.45) is 1.08. The average molecular weight is 316 g/mol. The molecule has 0 radical (unpaired) electrons. The SMILES string of the molecule is CC(C)(C)CC(C)(C)c1ccc(COS(=O)(O)=S)cc1. The van der Waals surface area contributed by atoms with Crippen molar-refractivity contribution in [1.29, 1.82) is 0 Å². The zero-order valence-electron chi connectivity index (χ0n) is 12.8. The van der Waals surface area contributed by atoms with Crippen LogP contribution < -0.4 is 0 Å². The monoisotopic (exact) mass is 316 g/mol. The van der Waals surface area contributed by atoms with Crippen molar-refractivity contribution in [1.82, 2.24) is 0 Å². The molecule has 0 aliphatic carbocycles. The first-order valence-electron chi connectivity index (χ1n) is 6.60. The van der Waals surface area contributed by atoms with Gasteiger partial charge in [-0.25, -0.2) is 0 Å². The van der Waals surface area contributed by atoms with E-state index in [0.29, 0.717) is 0 Å². The quantitative estimate of drug-likeness (QED) is 0.890. The Morgan fingerprint density at radius 2 is 1.65 bits per heavy atom. The highest BCUT2D eigenvalue weighted by atomic mass is 32.9. The molecule has 1 aromatic rings. The van der Waals surface area contributed by atoms with E-state index in [1.54, 1.807) is 0 Å². The lowest BCUT2D eigenvalue weighted by molar-refractivity contribution is 0.283. The number of rotatable bonds is 5. The molecule has 0 fully saturated rings. The van der Waals surface area contributed by atoms with E-state index in [-0.39, 0.29) is 17.4 Å². The molecule has 3 nitrogen and oxygen atoms in total. The Balaban J connectivity index is 2.80. The lowest BCUT2D eigenvalue weighted by Gasteiger charge is -2.33. The highest BCUT2D eigenvalue weighted by Gasteiger charge is 2.27. The normalized spacial score (nSPS) is 15.9. The maximum absolute atomic E-state index is 10.9. The van der Waals surface area contributed by atoms with E-state index in [9.17, 15) is 4.21 Å². The van der Waals surface area contributed by atoms with Gasteiger partial charge in [0.05, 0.1) is 6.61 Å². The molecule has 0 spiro atoms. The van der Waals surface area contributed by atoms with Crippen molar-refractivity contribution in [2.45, 2.75) is 53.1 Å². The summed E-state index contributed by atoms with van der Waals surface area (Å²) in [7, 11) is -3.55. The summed E-state index contributed by atoms with van der Waals surface area (Å²) in [6.45, 7) is 11.2. The molecule has 1 unspecified atom stereocenters. The Hall–Kier alpha value is -0.490. The maximum Gasteiger partial charge on any atom is 0.266 e. The van der Waals surface area contributed by atoms with Gasteiger partial charge in [0.1, 0.15) is 0 Å². The predicted octanol–water partition coefficient (Wildman–Crippen LogP) is 4.05. The van der Waals surface area contributed by atoms with Gasteiger partial charge in [-0.1, -0.05) is 58.9 Å². The van der Waals surface area contributed by atoms with E-state index in [1.165, 1.54) is 5.56 Å². The molecule has 0 heterocycles. The van der Waals surface area contributed by atoms with Crippen LogP contribution in [0, 0.1) is 5.41 Å². The van der Waals surface area contributed by atoms with E-state index in [2.05, 4.69) is 45.8 Å². The Morgan fingerprint density at radius 3 is 2.05 bits per heavy atom. The molecule has 1 atom stereocenters. The molecule has 0 amide bonds. The van der Waals surface area contributed by atoms with E-state index >= 15 is 0 Å². The lowest BCUT2D eigenvalue weighted by Crippen LogP contribution is -2.24. The van der Waals surface area contributed by atoms with Crippen LogP contribution in [-0.2, 0) is 36.4 Å². The fourth-order valence-corrected chi connectivity index (χ4v) is 3.05. The van der Waals surface area contributed by atoms with Crippen LogP contribution in [0.3, 0.4) is 0 Å². The van der Waals surface area contributed by atoms with E-state index in [4.69, 9.17) is 8.74 Å². The van der Waals surface area contributed by atoms with E-state index in [0.717, 1.165) is 12.0 Å². The lowest BCUT2D eigenvalue weighted by atomic mass is 9.72. The van der Waals surface area contributed by atoms with Gasteiger partial charge in [0.15, 0.2) is 0 Å². The average Bonchev–Trinajstić information content (AvgIpc) is 2.22. The molecular formula is C15H24O3S2. The molecule has 114 valence electrons. The maximum atomic E-state index is 10.9. The molecule has 1 aromatic carbocycles. The molecule has 0 saturated heterocycles. The van der Waals surface area contributed by atoms with Crippen LogP contribution in [0.15, 0.2) is 24.3 Å². The highest BCUT2D eigenvalue weighted by molar-refractivity contribution is 8.27. The Bertz CT molecular complexity index is 537. The first-order chi connectivity index (χ1) is 8.89. The van der Waals surface area contributed by atoms with E-state index < -0.39 is 9.05 Å². The second-order valence-corrected chi connectivity index (χ2v) is 9.36. The van der Waals surface area contributed by atoms with Gasteiger partial charge in [0.25, 0.3) is 9.05 Å². The van der Waals surface area contributed by atoms with Crippen LogP contribution in [0.25, 0.3) is 0 Å². The minimum atomic E-state index is -3.55. The fourth-order valence-electron chi connectivity index (χ4n) is 2.62. The molecular weight excluding hydrogens is 292 g/mol. The van der Waals surface area contributed by atoms with Crippen LogP contribution in [-0.4, -0.2) is 8.76 Å². The summed E-state index contributed by atoms with van der Waals surface area (Å²) in [5.74, 6) is 0. The summed E-state index contributed by atoms with van der Waals surface area (Å²) >= 11 is 4.29. The van der Waals surface area contributed by atoms with Gasteiger partial charge in [-0.15, -0.1) is 0 Å². The molecule has 1 rings (SSSR count). The molecule has 20 heavy (non-hydrogen) atoms. The Kier molecular flexibility index (Phi) is 5.35. The first-order valence-corrected chi connectivity index (χ1v) is 8.97. The molecule has 0 aliphatic rings. The zero-order valence-corrected chi connectivity index (χ0v) is 14.4. The van der Waals surface area contributed by atoms with Crippen molar-refractivity contribution in [2.24, 2.45) is 5.41 Å². The zero-order chi connectivity index (χ0) is 15.6. The number of hydrogen-bond donors (Lipinski definition) is 1.